The largest absolute Gasteiger partial charge is 0.456 e. The Balaban J connectivity index is 1.08. The van der Waals surface area contributed by atoms with E-state index in [0.717, 1.165) is 61.3 Å². The van der Waals surface area contributed by atoms with Crippen molar-refractivity contribution >= 4 is 71.3 Å². The summed E-state index contributed by atoms with van der Waals surface area (Å²) in [6.45, 7) is 0. The van der Waals surface area contributed by atoms with E-state index in [-0.39, 0.29) is 0 Å². The second-order valence-electron chi connectivity index (χ2n) is 14.5. The van der Waals surface area contributed by atoms with Crippen LogP contribution in [0.4, 0.5) is 17.1 Å². The third-order valence-electron chi connectivity index (χ3n) is 11.2. The molecular formula is C54H35NO. The zero-order valence-electron chi connectivity index (χ0n) is 30.6. The summed E-state index contributed by atoms with van der Waals surface area (Å²) in [6.07, 6.45) is 0. The Kier molecular flexibility index (Phi) is 7.53. The Morgan fingerprint density at radius 3 is 1.75 bits per heavy atom. The molecule has 11 rings (SSSR count). The van der Waals surface area contributed by atoms with E-state index in [1.807, 2.05) is 12.1 Å². The van der Waals surface area contributed by atoms with Gasteiger partial charge in [-0.05, 0) is 109 Å². The topological polar surface area (TPSA) is 16.4 Å². The molecular weight excluding hydrogens is 679 g/mol. The minimum absolute atomic E-state index is 0.901. The van der Waals surface area contributed by atoms with E-state index in [4.69, 9.17) is 4.42 Å². The van der Waals surface area contributed by atoms with E-state index < -0.39 is 0 Å². The third kappa shape index (κ3) is 5.34. The predicted molar refractivity (Wildman–Crippen MR) is 237 cm³/mol. The molecule has 0 N–H and O–H groups in total. The first-order chi connectivity index (χ1) is 27.8. The number of para-hydroxylation sites is 2. The molecule has 0 aliphatic rings. The number of benzene rings is 10. The highest BCUT2D eigenvalue weighted by Crippen LogP contribution is 2.44. The maximum absolute atomic E-state index is 6.26. The average molecular weight is 714 g/mol. The quantitative estimate of drug-likeness (QED) is 0.160. The second kappa shape index (κ2) is 13.2. The van der Waals surface area contributed by atoms with Crippen LogP contribution in [0.3, 0.4) is 0 Å². The van der Waals surface area contributed by atoms with Gasteiger partial charge in [0.05, 0.1) is 5.69 Å². The minimum Gasteiger partial charge on any atom is -0.456 e. The Hall–Kier alpha value is -7.42. The van der Waals surface area contributed by atoms with Crippen LogP contribution in [-0.4, -0.2) is 0 Å². The highest BCUT2D eigenvalue weighted by Gasteiger charge is 2.19. The Bertz CT molecular complexity index is 3260. The maximum Gasteiger partial charge on any atom is 0.136 e. The molecule has 0 atom stereocenters. The zero-order valence-corrected chi connectivity index (χ0v) is 30.6. The summed E-state index contributed by atoms with van der Waals surface area (Å²) >= 11 is 0. The van der Waals surface area contributed by atoms with Crippen molar-refractivity contribution in [1.29, 1.82) is 0 Å². The highest BCUT2D eigenvalue weighted by molar-refractivity contribution is 6.13. The molecule has 0 spiro atoms. The van der Waals surface area contributed by atoms with Crippen molar-refractivity contribution in [1.82, 2.24) is 0 Å². The number of furan rings is 1. The average Bonchev–Trinajstić information content (AvgIpc) is 3.66. The first-order valence-corrected chi connectivity index (χ1v) is 19.2. The Morgan fingerprint density at radius 1 is 0.304 bits per heavy atom. The predicted octanol–water partition coefficient (Wildman–Crippen LogP) is 15.5. The van der Waals surface area contributed by atoms with Gasteiger partial charge in [0, 0.05) is 27.7 Å². The van der Waals surface area contributed by atoms with Gasteiger partial charge in [0.15, 0.2) is 0 Å². The fraction of sp³-hybridized carbons (Fsp3) is 0. The molecule has 0 amide bonds. The molecule has 0 unspecified atom stereocenters. The molecule has 0 aliphatic carbocycles. The van der Waals surface area contributed by atoms with Gasteiger partial charge in [0.2, 0.25) is 0 Å². The Labute approximate surface area is 325 Å². The molecule has 262 valence electrons. The summed E-state index contributed by atoms with van der Waals surface area (Å²) < 4.78 is 6.26. The van der Waals surface area contributed by atoms with Crippen LogP contribution in [0.5, 0.6) is 0 Å². The van der Waals surface area contributed by atoms with E-state index in [1.165, 1.54) is 43.4 Å². The first-order valence-electron chi connectivity index (χ1n) is 19.2. The summed E-state index contributed by atoms with van der Waals surface area (Å²) in [5.74, 6) is 0. The summed E-state index contributed by atoms with van der Waals surface area (Å²) in [4.78, 5) is 2.41. The molecule has 1 heterocycles. The van der Waals surface area contributed by atoms with Crippen molar-refractivity contribution in [3.05, 3.63) is 212 Å². The van der Waals surface area contributed by atoms with E-state index in [2.05, 4.69) is 205 Å². The van der Waals surface area contributed by atoms with Gasteiger partial charge in [-0.15, -0.1) is 0 Å². The number of nitrogens with zero attached hydrogens (tertiary/aromatic N) is 1. The lowest BCUT2D eigenvalue weighted by molar-refractivity contribution is 0.669. The molecule has 0 bridgehead atoms. The van der Waals surface area contributed by atoms with Crippen LogP contribution >= 0.6 is 0 Å². The van der Waals surface area contributed by atoms with Gasteiger partial charge in [-0.3, -0.25) is 0 Å². The lowest BCUT2D eigenvalue weighted by atomic mass is 9.94. The van der Waals surface area contributed by atoms with E-state index in [0.29, 0.717) is 0 Å². The Morgan fingerprint density at radius 2 is 0.875 bits per heavy atom. The van der Waals surface area contributed by atoms with E-state index in [9.17, 15) is 0 Å². The van der Waals surface area contributed by atoms with Crippen molar-refractivity contribution in [2.45, 2.75) is 0 Å². The smallest absolute Gasteiger partial charge is 0.136 e. The van der Waals surface area contributed by atoms with Gasteiger partial charge < -0.3 is 9.32 Å². The van der Waals surface area contributed by atoms with E-state index in [1.54, 1.807) is 0 Å². The van der Waals surface area contributed by atoms with Crippen molar-refractivity contribution in [2.75, 3.05) is 4.90 Å². The number of fused-ring (bicyclic) bond motifs is 7. The summed E-state index contributed by atoms with van der Waals surface area (Å²) in [5, 5.41) is 9.74. The molecule has 11 aromatic rings. The van der Waals surface area contributed by atoms with Crippen LogP contribution in [0.1, 0.15) is 0 Å². The standard InChI is InChI=1S/C54H35NO/c1-3-17-44-36(12-1)14-10-21-46(44)39-15-9-16-40(34-39)48-19-5-7-23-51(48)55(43-32-33-47-41(35-43)27-26-37-13-2-4-18-45(37)47)42-30-28-38(29-31-42)49-22-11-25-53-54(49)50-20-6-8-24-52(50)56-53/h1-35H. The first kappa shape index (κ1) is 32.0. The molecule has 0 saturated carbocycles. The van der Waals surface area contributed by atoms with Crippen LogP contribution in [0.25, 0.3) is 87.6 Å². The van der Waals surface area contributed by atoms with Crippen LogP contribution in [0.15, 0.2) is 217 Å². The molecule has 0 radical (unpaired) electrons. The third-order valence-corrected chi connectivity index (χ3v) is 11.2. The molecule has 56 heavy (non-hydrogen) atoms. The summed E-state index contributed by atoms with van der Waals surface area (Å²) in [7, 11) is 0. The van der Waals surface area contributed by atoms with Gasteiger partial charge in [-0.25, -0.2) is 0 Å². The SMILES string of the molecule is c1cc(-c2ccccc2N(c2ccc(-c3cccc4oc5ccccc5c34)cc2)c2ccc3c(ccc4ccccc43)c2)cc(-c2cccc3ccccc23)c1. The van der Waals surface area contributed by atoms with Gasteiger partial charge in [0.1, 0.15) is 11.2 Å². The number of anilines is 3. The molecule has 1 aromatic heterocycles. The normalized spacial score (nSPS) is 11.6. The molecule has 0 aliphatic heterocycles. The summed E-state index contributed by atoms with van der Waals surface area (Å²) in [6, 6.07) is 76.6. The number of hydrogen-bond donors (Lipinski definition) is 0. The minimum atomic E-state index is 0.901. The highest BCUT2D eigenvalue weighted by atomic mass is 16.3. The lowest BCUT2D eigenvalue weighted by Crippen LogP contribution is -2.11. The molecule has 0 fully saturated rings. The molecule has 2 heteroatoms. The number of rotatable bonds is 6. The van der Waals surface area contributed by atoms with E-state index >= 15 is 0 Å². The monoisotopic (exact) mass is 713 g/mol. The second-order valence-corrected chi connectivity index (χ2v) is 14.5. The molecule has 10 aromatic carbocycles. The van der Waals surface area contributed by atoms with Crippen molar-refractivity contribution in [3.8, 4) is 33.4 Å². The molecule has 0 saturated heterocycles. The van der Waals surface area contributed by atoms with Crippen LogP contribution in [0.2, 0.25) is 0 Å². The van der Waals surface area contributed by atoms with Gasteiger partial charge in [0.25, 0.3) is 0 Å². The lowest BCUT2D eigenvalue weighted by Gasteiger charge is -2.28. The van der Waals surface area contributed by atoms with Gasteiger partial charge in [-0.2, -0.15) is 0 Å². The number of hydrogen-bond acceptors (Lipinski definition) is 2. The summed E-state index contributed by atoms with van der Waals surface area (Å²) in [5.41, 5.74) is 12.2. The van der Waals surface area contributed by atoms with Gasteiger partial charge in [-0.1, -0.05) is 164 Å². The fourth-order valence-corrected chi connectivity index (χ4v) is 8.62. The van der Waals surface area contributed by atoms with Crippen molar-refractivity contribution in [3.63, 3.8) is 0 Å². The van der Waals surface area contributed by atoms with Gasteiger partial charge >= 0.3 is 0 Å². The zero-order chi connectivity index (χ0) is 37.0. The van der Waals surface area contributed by atoms with Crippen molar-refractivity contribution in [2.24, 2.45) is 0 Å². The van der Waals surface area contributed by atoms with Crippen LogP contribution in [-0.2, 0) is 0 Å². The van der Waals surface area contributed by atoms with Crippen molar-refractivity contribution < 1.29 is 4.42 Å². The van der Waals surface area contributed by atoms with Crippen LogP contribution < -0.4 is 4.90 Å². The fourth-order valence-electron chi connectivity index (χ4n) is 8.62. The maximum atomic E-state index is 6.26. The van der Waals surface area contributed by atoms with Crippen LogP contribution in [0, 0.1) is 0 Å². The molecule has 2 nitrogen and oxygen atoms in total.